The van der Waals surface area contributed by atoms with Crippen LogP contribution in [-0.4, -0.2) is 17.8 Å². The van der Waals surface area contributed by atoms with Crippen LogP contribution in [0.4, 0.5) is 0 Å². The van der Waals surface area contributed by atoms with Gasteiger partial charge in [-0.1, -0.05) is 0 Å². The van der Waals surface area contributed by atoms with E-state index in [1.54, 1.807) is 0 Å². The summed E-state index contributed by atoms with van der Waals surface area (Å²) in [6.07, 6.45) is 4.07. The van der Waals surface area contributed by atoms with Gasteiger partial charge >= 0.3 is 0 Å². The summed E-state index contributed by atoms with van der Waals surface area (Å²) in [4.78, 5) is 25.2. The zero-order valence-corrected chi connectivity index (χ0v) is 5.57. The summed E-state index contributed by atoms with van der Waals surface area (Å²) < 4.78 is 0. The van der Waals surface area contributed by atoms with Gasteiger partial charge in [-0.05, 0) is 6.92 Å². The molecule has 1 aliphatic rings. The molecular formula is C7H7NO2. The Bertz CT molecular complexity index is 228. The average molecular weight is 137 g/mol. The topological polar surface area (TPSA) is 46.5 Å². The molecule has 0 radical (unpaired) electrons. The van der Waals surface area contributed by atoms with Crippen molar-refractivity contribution in [3.8, 4) is 0 Å². The second kappa shape index (κ2) is 2.56. The third-order valence-electron chi connectivity index (χ3n) is 1.30. The van der Waals surface area contributed by atoms with Crippen LogP contribution in [0.3, 0.4) is 0 Å². The first-order valence-electron chi connectivity index (χ1n) is 2.96. The van der Waals surface area contributed by atoms with E-state index >= 15 is 0 Å². The molecule has 52 valence electrons. The summed E-state index contributed by atoms with van der Waals surface area (Å²) >= 11 is 0. The zero-order chi connectivity index (χ0) is 7.56. The largest absolute Gasteiger partial charge is 0.299 e. The van der Waals surface area contributed by atoms with E-state index in [-0.39, 0.29) is 11.6 Å². The second-order valence-corrected chi connectivity index (χ2v) is 2.10. The molecule has 1 heterocycles. The van der Waals surface area contributed by atoms with Gasteiger partial charge in [0.25, 0.3) is 0 Å². The number of hydrogen-bond acceptors (Lipinski definition) is 3. The van der Waals surface area contributed by atoms with Gasteiger partial charge < -0.3 is 0 Å². The molecule has 0 fully saturated rings. The Morgan fingerprint density at radius 3 is 2.80 bits per heavy atom. The lowest BCUT2D eigenvalue weighted by molar-refractivity contribution is -0.126. The number of nitrogens with zero attached hydrogens (tertiary/aromatic N) is 1. The van der Waals surface area contributed by atoms with Gasteiger partial charge in [-0.2, -0.15) is 0 Å². The molecule has 3 nitrogen and oxygen atoms in total. The van der Waals surface area contributed by atoms with Gasteiger partial charge in [0.15, 0.2) is 5.78 Å². The third-order valence-corrected chi connectivity index (χ3v) is 1.30. The van der Waals surface area contributed by atoms with Gasteiger partial charge in [-0.3, -0.25) is 14.6 Å². The molecule has 0 spiro atoms. The molecule has 0 bridgehead atoms. The zero-order valence-electron chi connectivity index (χ0n) is 5.57. The Morgan fingerprint density at radius 1 is 1.70 bits per heavy atom. The summed E-state index contributed by atoms with van der Waals surface area (Å²) in [6.45, 7) is 1.38. The van der Waals surface area contributed by atoms with Crippen molar-refractivity contribution in [1.82, 2.24) is 0 Å². The van der Waals surface area contributed by atoms with E-state index in [2.05, 4.69) is 4.99 Å². The van der Waals surface area contributed by atoms with Crippen molar-refractivity contribution >= 4 is 17.8 Å². The van der Waals surface area contributed by atoms with Crippen molar-refractivity contribution in [2.24, 2.45) is 10.9 Å². The first-order chi connectivity index (χ1) is 4.72. The second-order valence-electron chi connectivity index (χ2n) is 2.10. The molecule has 1 atom stereocenters. The maximum absolute atomic E-state index is 10.8. The number of hydrogen-bond donors (Lipinski definition) is 0. The monoisotopic (exact) mass is 137 g/mol. The molecule has 0 amide bonds. The van der Waals surface area contributed by atoms with Crippen molar-refractivity contribution in [2.45, 2.75) is 6.92 Å². The quantitative estimate of drug-likeness (QED) is 0.490. The van der Waals surface area contributed by atoms with Crippen LogP contribution < -0.4 is 0 Å². The van der Waals surface area contributed by atoms with Crippen molar-refractivity contribution < 1.29 is 9.59 Å². The minimum Gasteiger partial charge on any atom is -0.299 e. The number of carbonyl (C=O) groups excluding carboxylic acids is 2. The summed E-state index contributed by atoms with van der Waals surface area (Å²) in [7, 11) is 0. The molecule has 0 aromatic rings. The van der Waals surface area contributed by atoms with Crippen molar-refractivity contribution in [1.29, 1.82) is 0 Å². The van der Waals surface area contributed by atoms with E-state index in [1.807, 2.05) is 0 Å². The first kappa shape index (κ1) is 6.86. The lowest BCUT2D eigenvalue weighted by atomic mass is 10.0. The number of carbonyl (C=O) groups is 2. The van der Waals surface area contributed by atoms with Crippen molar-refractivity contribution in [3.63, 3.8) is 0 Å². The normalized spacial score (nSPS) is 23.3. The van der Waals surface area contributed by atoms with E-state index in [1.165, 1.54) is 25.4 Å². The van der Waals surface area contributed by atoms with Crippen LogP contribution in [0.1, 0.15) is 6.92 Å². The van der Waals surface area contributed by atoms with Crippen molar-refractivity contribution in [3.05, 3.63) is 12.3 Å². The Balaban J connectivity index is 2.80. The molecule has 1 unspecified atom stereocenters. The molecule has 0 N–H and O–H groups in total. The van der Waals surface area contributed by atoms with Crippen LogP contribution in [0.5, 0.6) is 0 Å². The van der Waals surface area contributed by atoms with E-state index in [0.717, 1.165) is 0 Å². The lowest BCUT2D eigenvalue weighted by Gasteiger charge is -2.04. The molecule has 0 aromatic heterocycles. The fraction of sp³-hybridized carbons (Fsp3) is 0.286. The Morgan fingerprint density at radius 2 is 2.40 bits per heavy atom. The van der Waals surface area contributed by atoms with Crippen LogP contribution >= 0.6 is 0 Å². The van der Waals surface area contributed by atoms with Gasteiger partial charge in [-0.15, -0.1) is 0 Å². The minimum absolute atomic E-state index is 0.155. The summed E-state index contributed by atoms with van der Waals surface area (Å²) in [6, 6.07) is 0. The molecule has 3 heteroatoms. The standard InChI is InChI=1S/C7H7NO2/c1-5(9)6-4-8-3-2-7(6)10/h2-4,6H,1H3. The Labute approximate surface area is 58.5 Å². The molecule has 1 rings (SSSR count). The van der Waals surface area contributed by atoms with Crippen LogP contribution in [0.2, 0.25) is 0 Å². The van der Waals surface area contributed by atoms with E-state index in [9.17, 15) is 9.59 Å². The SMILES string of the molecule is CC(=O)C1C=NC=CC1=O. The van der Waals surface area contributed by atoms with Gasteiger partial charge in [0.2, 0.25) is 0 Å². The highest BCUT2D eigenvalue weighted by molar-refractivity contribution is 6.18. The highest BCUT2D eigenvalue weighted by atomic mass is 16.1. The predicted molar refractivity (Wildman–Crippen MR) is 36.8 cm³/mol. The highest BCUT2D eigenvalue weighted by Gasteiger charge is 2.19. The molecule has 0 saturated carbocycles. The predicted octanol–water partition coefficient (Wildman–Crippen LogP) is 0.359. The first-order valence-corrected chi connectivity index (χ1v) is 2.96. The van der Waals surface area contributed by atoms with Crippen molar-refractivity contribution in [2.75, 3.05) is 0 Å². The minimum atomic E-state index is -0.634. The number of aliphatic imine (C=N–C) groups is 1. The van der Waals surface area contributed by atoms with E-state index in [4.69, 9.17) is 0 Å². The third kappa shape index (κ3) is 1.18. The molecule has 1 aliphatic heterocycles. The van der Waals surface area contributed by atoms with Crippen LogP contribution in [0.15, 0.2) is 17.3 Å². The van der Waals surface area contributed by atoms with E-state index < -0.39 is 5.92 Å². The van der Waals surface area contributed by atoms with E-state index in [0.29, 0.717) is 0 Å². The Kier molecular flexibility index (Phi) is 1.76. The number of Topliss-reactive ketones (excluding diaryl/α,β-unsaturated/α-hetero) is 1. The van der Waals surface area contributed by atoms with Gasteiger partial charge in [0, 0.05) is 18.5 Å². The number of allylic oxidation sites excluding steroid dienone is 1. The van der Waals surface area contributed by atoms with Crippen LogP contribution in [-0.2, 0) is 9.59 Å². The smallest absolute Gasteiger partial charge is 0.173 e. The Hall–Kier alpha value is -1.25. The fourth-order valence-corrected chi connectivity index (χ4v) is 0.735. The molecule has 0 saturated heterocycles. The summed E-state index contributed by atoms with van der Waals surface area (Å²) in [5, 5.41) is 0. The number of rotatable bonds is 1. The van der Waals surface area contributed by atoms with Crippen LogP contribution in [0.25, 0.3) is 0 Å². The van der Waals surface area contributed by atoms with Gasteiger partial charge in [0.05, 0.1) is 0 Å². The average Bonchev–Trinajstić information content (AvgIpc) is 1.88. The highest BCUT2D eigenvalue weighted by Crippen LogP contribution is 2.02. The lowest BCUT2D eigenvalue weighted by Crippen LogP contribution is -2.23. The maximum atomic E-state index is 10.8. The summed E-state index contributed by atoms with van der Waals surface area (Å²) in [5.41, 5.74) is 0. The maximum Gasteiger partial charge on any atom is 0.173 e. The summed E-state index contributed by atoms with van der Waals surface area (Å²) in [5.74, 6) is -0.967. The molecule has 0 aromatic carbocycles. The molecule has 0 aliphatic carbocycles. The molecule has 10 heavy (non-hydrogen) atoms. The fourth-order valence-electron chi connectivity index (χ4n) is 0.735. The van der Waals surface area contributed by atoms with Gasteiger partial charge in [-0.25, -0.2) is 0 Å². The number of ketones is 2. The van der Waals surface area contributed by atoms with Gasteiger partial charge in [0.1, 0.15) is 11.7 Å². The molecular weight excluding hydrogens is 130 g/mol. The van der Waals surface area contributed by atoms with Crippen LogP contribution in [0, 0.1) is 5.92 Å².